The number of carbonyl (C=O) groups excluding carboxylic acids is 2. The number of imide groups is 1. The number of allylic oxidation sites excluding steroid dienone is 2. The number of aromatic hydroxyl groups is 1. The highest BCUT2D eigenvalue weighted by atomic mass is 79.9. The van der Waals surface area contributed by atoms with Crippen LogP contribution < -0.4 is 0 Å². The van der Waals surface area contributed by atoms with Gasteiger partial charge in [-0.1, -0.05) is 40.1 Å². The monoisotopic (exact) mass is 501 g/mol. The summed E-state index contributed by atoms with van der Waals surface area (Å²) in [4.78, 5) is 26.8. The molecule has 2 heterocycles. The van der Waals surface area contributed by atoms with Gasteiger partial charge in [0.1, 0.15) is 5.75 Å². The van der Waals surface area contributed by atoms with Crippen LogP contribution in [0, 0.1) is 17.8 Å². The van der Waals surface area contributed by atoms with Gasteiger partial charge in [-0.25, -0.2) is 0 Å². The van der Waals surface area contributed by atoms with Crippen molar-refractivity contribution in [1.82, 2.24) is 4.90 Å². The Morgan fingerprint density at radius 3 is 2.78 bits per heavy atom. The fraction of sp³-hybridized carbons (Fsp3) is 0.500. The highest BCUT2D eigenvalue weighted by Crippen LogP contribution is 2.50. The number of benzene rings is 1. The van der Waals surface area contributed by atoms with Crippen molar-refractivity contribution in [2.24, 2.45) is 17.8 Å². The molecule has 4 atom stereocenters. The van der Waals surface area contributed by atoms with Crippen LogP contribution in [0.15, 0.2) is 39.4 Å². The summed E-state index contributed by atoms with van der Waals surface area (Å²) in [5.41, 5.74) is 4.13. The predicted molar refractivity (Wildman–Crippen MR) is 127 cm³/mol. The van der Waals surface area contributed by atoms with E-state index in [2.05, 4.69) is 22.9 Å². The van der Waals surface area contributed by atoms with E-state index >= 15 is 0 Å². The Morgan fingerprint density at radius 1 is 1.31 bits per heavy atom. The molecule has 2 saturated heterocycles. The van der Waals surface area contributed by atoms with Crippen molar-refractivity contribution in [2.75, 3.05) is 7.05 Å². The zero-order chi connectivity index (χ0) is 23.2. The van der Waals surface area contributed by atoms with Crippen LogP contribution in [0.5, 0.6) is 5.75 Å². The van der Waals surface area contributed by atoms with Gasteiger partial charge in [-0.05, 0) is 68.6 Å². The number of phenolic OH excluding ortho intramolecular Hbond substituents is 1. The summed E-state index contributed by atoms with van der Waals surface area (Å²) in [5, 5.41) is 20.6. The van der Waals surface area contributed by atoms with E-state index in [-0.39, 0.29) is 35.5 Å². The van der Waals surface area contributed by atoms with E-state index in [1.54, 1.807) is 19.2 Å². The number of amides is 2. The van der Waals surface area contributed by atoms with E-state index < -0.39 is 13.0 Å². The summed E-state index contributed by atoms with van der Waals surface area (Å²) in [6.07, 6.45) is 4.81. The fourth-order valence-corrected chi connectivity index (χ4v) is 5.98. The lowest BCUT2D eigenvalue weighted by molar-refractivity contribution is -0.138. The van der Waals surface area contributed by atoms with Crippen LogP contribution in [0.2, 0.25) is 6.32 Å². The lowest BCUT2D eigenvalue weighted by atomic mass is 9.58. The smallest absolute Gasteiger partial charge is 0.455 e. The van der Waals surface area contributed by atoms with Crippen LogP contribution in [0.3, 0.4) is 0 Å². The molecule has 2 aliphatic heterocycles. The molecule has 3 aliphatic rings. The highest BCUT2D eigenvalue weighted by molar-refractivity contribution is 9.10. The molecule has 0 aromatic heterocycles. The molecule has 1 aromatic carbocycles. The van der Waals surface area contributed by atoms with Gasteiger partial charge in [-0.15, -0.1) is 0 Å². The maximum atomic E-state index is 12.9. The van der Waals surface area contributed by atoms with Gasteiger partial charge in [0.15, 0.2) is 0 Å². The van der Waals surface area contributed by atoms with E-state index in [9.17, 15) is 19.7 Å². The van der Waals surface area contributed by atoms with E-state index in [1.807, 2.05) is 19.1 Å². The van der Waals surface area contributed by atoms with Crippen molar-refractivity contribution in [3.05, 3.63) is 45.0 Å². The Balaban J connectivity index is 1.58. The number of carbonyl (C=O) groups is 2. The van der Waals surface area contributed by atoms with Crippen molar-refractivity contribution < 1.29 is 24.4 Å². The average molecular weight is 502 g/mol. The number of likely N-dealkylation sites (tertiary alicyclic amines) is 1. The third kappa shape index (κ3) is 4.20. The SMILES string of the molecule is CCC1=C2[C@@H](CC/C(C)=C/c3cc(Br)ccc3O)OB(O)C[C@@H]2[C@@H]2C(=O)N(C)C(=O)[C@@H]2C1. The van der Waals surface area contributed by atoms with Crippen LogP contribution >= 0.6 is 15.9 Å². The van der Waals surface area contributed by atoms with Crippen molar-refractivity contribution in [3.8, 4) is 5.75 Å². The summed E-state index contributed by atoms with van der Waals surface area (Å²) in [6, 6.07) is 5.32. The summed E-state index contributed by atoms with van der Waals surface area (Å²) >= 11 is 3.43. The Bertz CT molecular complexity index is 1010. The predicted octanol–water partition coefficient (Wildman–Crippen LogP) is 4.18. The van der Waals surface area contributed by atoms with Crippen molar-refractivity contribution >= 4 is 40.9 Å². The molecular weight excluding hydrogens is 473 g/mol. The van der Waals surface area contributed by atoms with Gasteiger partial charge >= 0.3 is 7.12 Å². The zero-order valence-corrected chi connectivity index (χ0v) is 20.3. The highest BCUT2D eigenvalue weighted by Gasteiger charge is 2.56. The maximum Gasteiger partial charge on any atom is 0.455 e. The summed E-state index contributed by atoms with van der Waals surface area (Å²) in [7, 11) is 0.616. The quantitative estimate of drug-likeness (QED) is 0.359. The first-order chi connectivity index (χ1) is 15.2. The third-order valence-electron chi connectivity index (χ3n) is 7.15. The largest absolute Gasteiger partial charge is 0.507 e. The maximum absolute atomic E-state index is 12.9. The summed E-state index contributed by atoms with van der Waals surface area (Å²) < 4.78 is 6.87. The van der Waals surface area contributed by atoms with E-state index in [0.29, 0.717) is 19.2 Å². The molecule has 32 heavy (non-hydrogen) atoms. The minimum atomic E-state index is -0.946. The molecule has 2 fully saturated rings. The minimum Gasteiger partial charge on any atom is -0.507 e. The second-order valence-electron chi connectivity index (χ2n) is 9.14. The first-order valence-corrected chi connectivity index (χ1v) is 12.0. The van der Waals surface area contributed by atoms with Gasteiger partial charge < -0.3 is 14.8 Å². The molecule has 6 nitrogen and oxygen atoms in total. The van der Waals surface area contributed by atoms with Gasteiger partial charge in [-0.3, -0.25) is 14.5 Å². The van der Waals surface area contributed by atoms with Crippen LogP contribution in [-0.4, -0.2) is 47.1 Å². The van der Waals surface area contributed by atoms with E-state index in [0.717, 1.165) is 34.0 Å². The molecule has 0 spiro atoms. The lowest BCUT2D eigenvalue weighted by Crippen LogP contribution is -2.46. The zero-order valence-electron chi connectivity index (χ0n) is 18.7. The average Bonchev–Trinajstić information content (AvgIpc) is 2.97. The van der Waals surface area contributed by atoms with Gasteiger partial charge in [-0.2, -0.15) is 0 Å². The van der Waals surface area contributed by atoms with Crippen LogP contribution in [0.1, 0.15) is 45.1 Å². The lowest BCUT2D eigenvalue weighted by Gasteiger charge is -2.43. The van der Waals surface area contributed by atoms with Crippen molar-refractivity contribution in [1.29, 1.82) is 0 Å². The Kier molecular flexibility index (Phi) is 6.66. The molecule has 1 aliphatic carbocycles. The number of phenols is 1. The minimum absolute atomic E-state index is 0.102. The second kappa shape index (κ2) is 9.16. The Labute approximate surface area is 197 Å². The topological polar surface area (TPSA) is 87.1 Å². The first-order valence-electron chi connectivity index (χ1n) is 11.2. The van der Waals surface area contributed by atoms with Gasteiger partial charge in [0.2, 0.25) is 11.8 Å². The molecule has 4 rings (SSSR count). The second-order valence-corrected chi connectivity index (χ2v) is 10.1. The number of nitrogens with zero attached hydrogens (tertiary/aromatic N) is 1. The normalized spacial score (nSPS) is 28.3. The Morgan fingerprint density at radius 2 is 2.06 bits per heavy atom. The molecular formula is C24H29BBrNO5. The molecule has 0 unspecified atom stereocenters. The number of hydrogen-bond donors (Lipinski definition) is 2. The number of hydrogen-bond acceptors (Lipinski definition) is 5. The van der Waals surface area contributed by atoms with Crippen LogP contribution in [-0.2, 0) is 14.2 Å². The summed E-state index contributed by atoms with van der Waals surface area (Å²) in [5.74, 6) is -0.878. The first kappa shape index (κ1) is 23.3. The molecule has 0 bridgehead atoms. The van der Waals surface area contributed by atoms with Gasteiger partial charge in [0.05, 0.1) is 17.9 Å². The molecule has 2 N–H and O–H groups in total. The molecule has 1 aromatic rings. The third-order valence-corrected chi connectivity index (χ3v) is 7.64. The number of halogens is 1. The molecule has 0 saturated carbocycles. The molecule has 0 radical (unpaired) electrons. The van der Waals surface area contributed by atoms with E-state index in [4.69, 9.17) is 4.65 Å². The molecule has 2 amide bonds. The fourth-order valence-electron chi connectivity index (χ4n) is 5.60. The number of rotatable bonds is 5. The van der Waals surface area contributed by atoms with E-state index in [1.165, 1.54) is 10.5 Å². The summed E-state index contributed by atoms with van der Waals surface area (Å²) in [6.45, 7) is 4.09. The van der Waals surface area contributed by atoms with Crippen molar-refractivity contribution in [2.45, 2.75) is 52.0 Å². The van der Waals surface area contributed by atoms with Crippen LogP contribution in [0.4, 0.5) is 0 Å². The van der Waals surface area contributed by atoms with Gasteiger partial charge in [0, 0.05) is 17.1 Å². The van der Waals surface area contributed by atoms with Crippen LogP contribution in [0.25, 0.3) is 6.08 Å². The Hall–Kier alpha value is -1.90. The number of fused-ring (bicyclic) bond motifs is 3. The van der Waals surface area contributed by atoms with Gasteiger partial charge in [0.25, 0.3) is 0 Å². The standard InChI is InChI=1S/C24H29BBrNO5/c1-4-14-11-17-22(24(30)27(3)23(17)29)18-12-25(31)32-20(21(14)18)8-5-13(2)9-15-10-16(26)6-7-19(15)28/h6-7,9-10,17-18,20,22,28,31H,4-5,8,11-12H2,1-3H3/b13-9+/t17-,18+,20-,22-/m1/s1. The molecule has 170 valence electrons. The van der Waals surface area contributed by atoms with Crippen molar-refractivity contribution in [3.63, 3.8) is 0 Å². The molecule has 8 heteroatoms.